The Morgan fingerprint density at radius 1 is 1.32 bits per heavy atom. The van der Waals surface area contributed by atoms with Crippen LogP contribution in [-0.2, 0) is 13.6 Å². The number of benzene rings is 1. The number of aryl methyl sites for hydroxylation is 2. The van der Waals surface area contributed by atoms with Crippen LogP contribution in [0.5, 0.6) is 0 Å². The van der Waals surface area contributed by atoms with Crippen molar-refractivity contribution in [2.45, 2.75) is 26.8 Å². The van der Waals surface area contributed by atoms with E-state index in [1.807, 2.05) is 31.9 Å². The number of aromatic nitrogens is 2. The van der Waals surface area contributed by atoms with Crippen molar-refractivity contribution in [3.63, 3.8) is 0 Å². The molecule has 2 heterocycles. The Labute approximate surface area is 150 Å². The summed E-state index contributed by atoms with van der Waals surface area (Å²) >= 11 is 0. The van der Waals surface area contributed by atoms with Gasteiger partial charge in [-0.05, 0) is 44.4 Å². The van der Waals surface area contributed by atoms with Crippen molar-refractivity contribution >= 4 is 5.91 Å². The minimum Gasteiger partial charge on any atom is -0.337 e. The zero-order valence-electron chi connectivity index (χ0n) is 15.5. The molecule has 5 heteroatoms. The first-order valence-corrected chi connectivity index (χ1v) is 9.13. The van der Waals surface area contributed by atoms with E-state index in [4.69, 9.17) is 0 Å². The maximum Gasteiger partial charge on any atom is 0.274 e. The largest absolute Gasteiger partial charge is 0.337 e. The molecule has 2 aromatic rings. The van der Waals surface area contributed by atoms with Gasteiger partial charge >= 0.3 is 0 Å². The summed E-state index contributed by atoms with van der Waals surface area (Å²) in [5.41, 5.74) is 2.92. The van der Waals surface area contributed by atoms with E-state index in [-0.39, 0.29) is 5.91 Å². The van der Waals surface area contributed by atoms with E-state index in [0.717, 1.165) is 44.8 Å². The Kier molecular flexibility index (Phi) is 5.53. The van der Waals surface area contributed by atoms with E-state index in [1.54, 1.807) is 4.68 Å². The molecule has 0 bridgehead atoms. The third-order valence-electron chi connectivity index (χ3n) is 5.10. The molecule has 3 rings (SSSR count). The predicted octanol–water partition coefficient (Wildman–Crippen LogP) is 2.71. The summed E-state index contributed by atoms with van der Waals surface area (Å²) in [6.45, 7) is 8.72. The molecule has 0 spiro atoms. The van der Waals surface area contributed by atoms with E-state index in [0.29, 0.717) is 11.6 Å². The van der Waals surface area contributed by atoms with Gasteiger partial charge in [0, 0.05) is 38.9 Å². The average Bonchev–Trinajstić information content (AvgIpc) is 3.19. The van der Waals surface area contributed by atoms with Crippen molar-refractivity contribution in [1.29, 1.82) is 0 Å². The number of likely N-dealkylation sites (tertiary alicyclic amines) is 1. The van der Waals surface area contributed by atoms with Crippen molar-refractivity contribution in [2.24, 2.45) is 13.0 Å². The second kappa shape index (κ2) is 7.83. The third kappa shape index (κ3) is 4.28. The third-order valence-corrected chi connectivity index (χ3v) is 5.10. The number of amides is 1. The molecule has 1 aromatic carbocycles. The zero-order valence-corrected chi connectivity index (χ0v) is 15.5. The lowest BCUT2D eigenvalue weighted by Crippen LogP contribution is -2.36. The number of carbonyl (C=O) groups excluding carboxylic acids is 1. The summed E-state index contributed by atoms with van der Waals surface area (Å²) < 4.78 is 1.76. The van der Waals surface area contributed by atoms with E-state index in [9.17, 15) is 4.79 Å². The highest BCUT2D eigenvalue weighted by molar-refractivity contribution is 5.92. The quantitative estimate of drug-likeness (QED) is 0.812. The maximum absolute atomic E-state index is 12.7. The highest BCUT2D eigenvalue weighted by atomic mass is 16.2. The summed E-state index contributed by atoms with van der Waals surface area (Å²) in [4.78, 5) is 17.2. The Morgan fingerprint density at radius 2 is 2.08 bits per heavy atom. The average molecular weight is 340 g/mol. The van der Waals surface area contributed by atoms with Crippen molar-refractivity contribution in [3.05, 3.63) is 53.3 Å². The monoisotopic (exact) mass is 340 g/mol. The highest BCUT2D eigenvalue weighted by Crippen LogP contribution is 2.20. The first kappa shape index (κ1) is 17.7. The Balaban J connectivity index is 1.56. The molecule has 1 aliphatic heterocycles. The first-order chi connectivity index (χ1) is 12.1. The molecule has 134 valence electrons. The van der Waals surface area contributed by atoms with Crippen LogP contribution in [0.3, 0.4) is 0 Å². The van der Waals surface area contributed by atoms with E-state index < -0.39 is 0 Å². The minimum atomic E-state index is 0.0488. The van der Waals surface area contributed by atoms with Gasteiger partial charge in [0.25, 0.3) is 5.91 Å². The van der Waals surface area contributed by atoms with Crippen molar-refractivity contribution in [2.75, 3.05) is 26.2 Å². The number of nitrogens with zero attached hydrogens (tertiary/aromatic N) is 4. The fourth-order valence-corrected chi connectivity index (χ4v) is 3.54. The van der Waals surface area contributed by atoms with Gasteiger partial charge in [-0.1, -0.05) is 30.3 Å². The smallest absolute Gasteiger partial charge is 0.274 e. The summed E-state index contributed by atoms with van der Waals surface area (Å²) in [6, 6.07) is 12.5. The first-order valence-electron chi connectivity index (χ1n) is 9.13. The molecule has 0 saturated carbocycles. The number of rotatable bonds is 6. The van der Waals surface area contributed by atoms with E-state index in [1.165, 1.54) is 5.56 Å². The number of hydrogen-bond donors (Lipinski definition) is 0. The lowest BCUT2D eigenvalue weighted by molar-refractivity contribution is 0.0732. The molecule has 1 fully saturated rings. The Hall–Kier alpha value is -2.14. The topological polar surface area (TPSA) is 41.4 Å². The molecule has 1 aliphatic rings. The van der Waals surface area contributed by atoms with Crippen molar-refractivity contribution in [1.82, 2.24) is 19.6 Å². The van der Waals surface area contributed by atoms with Gasteiger partial charge in [-0.15, -0.1) is 0 Å². The molecule has 25 heavy (non-hydrogen) atoms. The molecule has 0 aliphatic carbocycles. The second-order valence-electron chi connectivity index (χ2n) is 7.01. The van der Waals surface area contributed by atoms with E-state index >= 15 is 0 Å². The number of carbonyl (C=O) groups is 1. The normalized spacial score (nSPS) is 17.8. The zero-order chi connectivity index (χ0) is 17.8. The van der Waals surface area contributed by atoms with Crippen LogP contribution in [0.1, 0.15) is 35.1 Å². The van der Waals surface area contributed by atoms with Gasteiger partial charge in [0.2, 0.25) is 0 Å². The molecule has 1 aromatic heterocycles. The van der Waals surface area contributed by atoms with Gasteiger partial charge in [0.05, 0.1) is 0 Å². The Morgan fingerprint density at radius 3 is 2.72 bits per heavy atom. The van der Waals surface area contributed by atoms with Gasteiger partial charge in [0.1, 0.15) is 0 Å². The predicted molar refractivity (Wildman–Crippen MR) is 99.3 cm³/mol. The summed E-state index contributed by atoms with van der Waals surface area (Å²) in [5.74, 6) is 0.588. The SMILES string of the molecule is CCN(C[C@H]1CCN(Cc2ccccc2)C1)C(=O)c1cc(C)n(C)n1. The van der Waals surface area contributed by atoms with Gasteiger partial charge in [-0.25, -0.2) is 0 Å². The van der Waals surface area contributed by atoms with Crippen LogP contribution in [-0.4, -0.2) is 51.7 Å². The molecule has 1 saturated heterocycles. The molecule has 0 unspecified atom stereocenters. The fourth-order valence-electron chi connectivity index (χ4n) is 3.54. The fraction of sp³-hybridized carbons (Fsp3) is 0.500. The molecule has 0 N–H and O–H groups in total. The summed E-state index contributed by atoms with van der Waals surface area (Å²) in [6.07, 6.45) is 1.15. The lowest BCUT2D eigenvalue weighted by Gasteiger charge is -2.24. The van der Waals surface area contributed by atoms with Crippen LogP contribution in [0.4, 0.5) is 0 Å². The number of hydrogen-bond acceptors (Lipinski definition) is 3. The molecule has 1 amide bonds. The lowest BCUT2D eigenvalue weighted by atomic mass is 10.1. The molecule has 1 atom stereocenters. The molecular weight excluding hydrogens is 312 g/mol. The molecular formula is C20H28N4O. The van der Waals surface area contributed by atoms with Crippen LogP contribution >= 0.6 is 0 Å². The highest BCUT2D eigenvalue weighted by Gasteiger charge is 2.27. The van der Waals surface area contributed by atoms with Crippen LogP contribution in [0.25, 0.3) is 0 Å². The van der Waals surface area contributed by atoms with Crippen LogP contribution < -0.4 is 0 Å². The van der Waals surface area contributed by atoms with Gasteiger partial charge in [-0.3, -0.25) is 14.4 Å². The van der Waals surface area contributed by atoms with Gasteiger partial charge in [0.15, 0.2) is 5.69 Å². The molecule has 0 radical (unpaired) electrons. The molecule has 5 nitrogen and oxygen atoms in total. The Bertz CT molecular complexity index is 690. The summed E-state index contributed by atoms with van der Waals surface area (Å²) in [7, 11) is 1.88. The second-order valence-corrected chi connectivity index (χ2v) is 7.01. The standard InChI is InChI=1S/C20H28N4O/c1-4-24(20(25)19-12-16(2)22(3)21-19)15-18-10-11-23(14-18)13-17-8-6-5-7-9-17/h5-9,12,18H,4,10-11,13-15H2,1-3H3/t18-/m0/s1. The van der Waals surface area contributed by atoms with Gasteiger partial charge < -0.3 is 4.90 Å². The maximum atomic E-state index is 12.7. The van der Waals surface area contributed by atoms with Crippen LogP contribution in [0, 0.1) is 12.8 Å². The van der Waals surface area contributed by atoms with E-state index in [2.05, 4.69) is 40.3 Å². The minimum absolute atomic E-state index is 0.0488. The van der Waals surface area contributed by atoms with Crippen LogP contribution in [0.2, 0.25) is 0 Å². The van der Waals surface area contributed by atoms with Crippen LogP contribution in [0.15, 0.2) is 36.4 Å². The van der Waals surface area contributed by atoms with Crippen molar-refractivity contribution < 1.29 is 4.79 Å². The van der Waals surface area contributed by atoms with Crippen molar-refractivity contribution in [3.8, 4) is 0 Å². The summed E-state index contributed by atoms with van der Waals surface area (Å²) in [5, 5.41) is 4.34. The van der Waals surface area contributed by atoms with Gasteiger partial charge in [-0.2, -0.15) is 5.10 Å².